The summed E-state index contributed by atoms with van der Waals surface area (Å²) in [6.45, 7) is 6.24. The summed E-state index contributed by atoms with van der Waals surface area (Å²) in [5.41, 5.74) is 0. The normalized spacial score (nSPS) is 11.1. The molecular formula is C11H23NO3. The van der Waals surface area contributed by atoms with Crippen LogP contribution >= 0.6 is 0 Å². The molecule has 0 unspecified atom stereocenters. The maximum absolute atomic E-state index is 11.1. The average molecular weight is 217 g/mol. The van der Waals surface area contributed by atoms with Crippen molar-refractivity contribution in [1.29, 1.82) is 0 Å². The summed E-state index contributed by atoms with van der Waals surface area (Å²) >= 11 is 0. The van der Waals surface area contributed by atoms with Crippen LogP contribution in [-0.4, -0.2) is 50.8 Å². The Bertz CT molecular complexity index is 171. The number of methoxy groups -OCH3 is 2. The van der Waals surface area contributed by atoms with Crippen molar-refractivity contribution in [3.63, 3.8) is 0 Å². The third-order valence-corrected chi connectivity index (χ3v) is 2.33. The molecule has 0 N–H and O–H groups in total. The Kier molecular flexibility index (Phi) is 8.33. The monoisotopic (exact) mass is 217 g/mol. The van der Waals surface area contributed by atoms with Gasteiger partial charge in [-0.3, -0.25) is 9.69 Å². The number of carbonyl (C=O) groups is 1. The predicted octanol–water partition coefficient (Wildman–Crippen LogP) is 1.30. The van der Waals surface area contributed by atoms with Crippen LogP contribution in [0.25, 0.3) is 0 Å². The van der Waals surface area contributed by atoms with Gasteiger partial charge in [0.2, 0.25) is 0 Å². The molecule has 0 aliphatic carbocycles. The highest BCUT2D eigenvalue weighted by atomic mass is 16.5. The molecule has 0 bridgehead atoms. The van der Waals surface area contributed by atoms with Crippen molar-refractivity contribution in [2.75, 3.05) is 33.9 Å². The summed E-state index contributed by atoms with van der Waals surface area (Å²) < 4.78 is 9.63. The minimum atomic E-state index is -0.171. The van der Waals surface area contributed by atoms with Crippen LogP contribution in [0.1, 0.15) is 26.7 Å². The van der Waals surface area contributed by atoms with Gasteiger partial charge in [-0.1, -0.05) is 0 Å². The summed E-state index contributed by atoms with van der Waals surface area (Å²) in [4.78, 5) is 13.2. The van der Waals surface area contributed by atoms with Crippen LogP contribution < -0.4 is 0 Å². The molecule has 0 aromatic rings. The molecule has 0 aromatic carbocycles. The average Bonchev–Trinajstić information content (AvgIpc) is 2.21. The number of rotatable bonds is 8. The Morgan fingerprint density at radius 3 is 2.40 bits per heavy atom. The first-order valence-electron chi connectivity index (χ1n) is 5.41. The molecule has 0 saturated carbocycles. The minimum absolute atomic E-state index is 0.171. The molecule has 0 atom stereocenters. The van der Waals surface area contributed by atoms with Gasteiger partial charge in [0.05, 0.1) is 13.7 Å². The quantitative estimate of drug-likeness (QED) is 0.454. The second-order valence-corrected chi connectivity index (χ2v) is 3.84. The van der Waals surface area contributed by atoms with Crippen molar-refractivity contribution in [3.05, 3.63) is 0 Å². The summed E-state index contributed by atoms with van der Waals surface area (Å²) in [5, 5.41) is 0. The van der Waals surface area contributed by atoms with Crippen molar-refractivity contribution < 1.29 is 14.3 Å². The highest BCUT2D eigenvalue weighted by Crippen LogP contribution is 2.02. The lowest BCUT2D eigenvalue weighted by Crippen LogP contribution is -2.37. The molecule has 0 amide bonds. The third kappa shape index (κ3) is 7.33. The van der Waals surface area contributed by atoms with E-state index in [0.29, 0.717) is 12.6 Å². The smallest absolute Gasteiger partial charge is 0.319 e. The lowest BCUT2D eigenvalue weighted by Gasteiger charge is -2.24. The largest absolute Gasteiger partial charge is 0.468 e. The Morgan fingerprint density at radius 2 is 1.93 bits per heavy atom. The van der Waals surface area contributed by atoms with Crippen molar-refractivity contribution in [2.24, 2.45) is 0 Å². The highest BCUT2D eigenvalue weighted by Gasteiger charge is 2.13. The molecule has 0 aromatic heterocycles. The Balaban J connectivity index is 3.78. The molecule has 0 radical (unpaired) electrons. The first-order valence-corrected chi connectivity index (χ1v) is 5.41. The molecule has 0 aliphatic heterocycles. The number of carbonyl (C=O) groups excluding carboxylic acids is 1. The maximum atomic E-state index is 11.1. The number of nitrogens with zero attached hydrogens (tertiary/aromatic N) is 1. The SMILES string of the molecule is COCCCCN(CC(=O)OC)C(C)C. The fourth-order valence-electron chi connectivity index (χ4n) is 1.31. The molecule has 0 saturated heterocycles. The first kappa shape index (κ1) is 14.4. The van der Waals surface area contributed by atoms with E-state index in [1.54, 1.807) is 7.11 Å². The van der Waals surface area contributed by atoms with E-state index < -0.39 is 0 Å². The van der Waals surface area contributed by atoms with E-state index >= 15 is 0 Å². The van der Waals surface area contributed by atoms with Gasteiger partial charge in [0.25, 0.3) is 0 Å². The van der Waals surface area contributed by atoms with Gasteiger partial charge in [-0.25, -0.2) is 0 Å². The molecule has 0 spiro atoms. The van der Waals surface area contributed by atoms with Crippen LogP contribution in [-0.2, 0) is 14.3 Å². The van der Waals surface area contributed by atoms with E-state index in [9.17, 15) is 4.79 Å². The molecule has 15 heavy (non-hydrogen) atoms. The van der Waals surface area contributed by atoms with Crippen molar-refractivity contribution in [1.82, 2.24) is 4.90 Å². The van der Waals surface area contributed by atoms with Crippen LogP contribution in [0.15, 0.2) is 0 Å². The van der Waals surface area contributed by atoms with Gasteiger partial charge in [0.1, 0.15) is 0 Å². The van der Waals surface area contributed by atoms with Crippen LogP contribution in [0.2, 0.25) is 0 Å². The van der Waals surface area contributed by atoms with Crippen molar-refractivity contribution in [2.45, 2.75) is 32.7 Å². The second kappa shape index (κ2) is 8.68. The predicted molar refractivity (Wildman–Crippen MR) is 59.8 cm³/mol. The standard InChI is InChI=1S/C11H23NO3/c1-10(2)12(9-11(13)15-4)7-5-6-8-14-3/h10H,5-9H2,1-4H3. The molecule has 0 aliphatic rings. The maximum Gasteiger partial charge on any atom is 0.319 e. The second-order valence-electron chi connectivity index (χ2n) is 3.84. The van der Waals surface area contributed by atoms with Gasteiger partial charge in [-0.05, 0) is 33.2 Å². The van der Waals surface area contributed by atoms with Gasteiger partial charge >= 0.3 is 5.97 Å². The Morgan fingerprint density at radius 1 is 1.27 bits per heavy atom. The Hall–Kier alpha value is -0.610. The Labute approximate surface area is 92.5 Å². The van der Waals surface area contributed by atoms with Crippen LogP contribution in [0, 0.1) is 0 Å². The topological polar surface area (TPSA) is 38.8 Å². The van der Waals surface area contributed by atoms with E-state index in [4.69, 9.17) is 4.74 Å². The van der Waals surface area contributed by atoms with Crippen molar-refractivity contribution >= 4 is 5.97 Å². The lowest BCUT2D eigenvalue weighted by atomic mass is 10.2. The van der Waals surface area contributed by atoms with Gasteiger partial charge < -0.3 is 9.47 Å². The molecule has 90 valence electrons. The zero-order valence-electron chi connectivity index (χ0n) is 10.3. The number of hydrogen-bond acceptors (Lipinski definition) is 4. The third-order valence-electron chi connectivity index (χ3n) is 2.33. The zero-order valence-corrected chi connectivity index (χ0v) is 10.3. The van der Waals surface area contributed by atoms with Crippen LogP contribution in [0.3, 0.4) is 0 Å². The summed E-state index contributed by atoms with van der Waals surface area (Å²) in [5.74, 6) is -0.171. The molecule has 0 rings (SSSR count). The zero-order chi connectivity index (χ0) is 11.7. The van der Waals surface area contributed by atoms with E-state index in [1.807, 2.05) is 0 Å². The van der Waals surface area contributed by atoms with Crippen molar-refractivity contribution in [3.8, 4) is 0 Å². The number of esters is 1. The lowest BCUT2D eigenvalue weighted by molar-refractivity contribution is -0.142. The van der Waals surface area contributed by atoms with E-state index in [2.05, 4.69) is 23.5 Å². The van der Waals surface area contributed by atoms with Crippen LogP contribution in [0.5, 0.6) is 0 Å². The molecule has 0 fully saturated rings. The van der Waals surface area contributed by atoms with E-state index in [-0.39, 0.29) is 5.97 Å². The summed E-state index contributed by atoms with van der Waals surface area (Å²) in [6.07, 6.45) is 2.07. The molecule has 4 nitrogen and oxygen atoms in total. The number of hydrogen-bond donors (Lipinski definition) is 0. The fraction of sp³-hybridized carbons (Fsp3) is 0.909. The van der Waals surface area contributed by atoms with E-state index in [1.165, 1.54) is 7.11 Å². The summed E-state index contributed by atoms with van der Waals surface area (Å²) in [6, 6.07) is 0.367. The fourth-order valence-corrected chi connectivity index (χ4v) is 1.31. The van der Waals surface area contributed by atoms with Gasteiger partial charge in [-0.2, -0.15) is 0 Å². The van der Waals surface area contributed by atoms with Gasteiger partial charge in [-0.15, -0.1) is 0 Å². The van der Waals surface area contributed by atoms with Crippen LogP contribution in [0.4, 0.5) is 0 Å². The van der Waals surface area contributed by atoms with Gasteiger partial charge in [0.15, 0.2) is 0 Å². The molecule has 4 heteroatoms. The number of unbranched alkanes of at least 4 members (excludes halogenated alkanes) is 1. The van der Waals surface area contributed by atoms with E-state index in [0.717, 1.165) is 26.0 Å². The first-order chi connectivity index (χ1) is 7.11. The summed E-state index contributed by atoms with van der Waals surface area (Å²) in [7, 11) is 3.13. The number of ether oxygens (including phenoxy) is 2. The molecular weight excluding hydrogens is 194 g/mol. The van der Waals surface area contributed by atoms with Gasteiger partial charge in [0, 0.05) is 19.8 Å². The minimum Gasteiger partial charge on any atom is -0.468 e. The highest BCUT2D eigenvalue weighted by molar-refractivity contribution is 5.71. The molecule has 0 heterocycles.